The van der Waals surface area contributed by atoms with E-state index in [1.807, 2.05) is 32.9 Å². The van der Waals surface area contributed by atoms with Gasteiger partial charge in [0, 0.05) is 17.6 Å². The quantitative estimate of drug-likeness (QED) is 0.583. The first-order chi connectivity index (χ1) is 10.6. The summed E-state index contributed by atoms with van der Waals surface area (Å²) in [6, 6.07) is 3.72. The van der Waals surface area contributed by atoms with Crippen LogP contribution in [0.3, 0.4) is 0 Å². The molecule has 2 N–H and O–H groups in total. The highest BCUT2D eigenvalue weighted by molar-refractivity contribution is 9.10. The number of hydrogen-bond acceptors (Lipinski definition) is 4. The van der Waals surface area contributed by atoms with E-state index in [9.17, 15) is 4.79 Å². The number of hydrogen-bond donors (Lipinski definition) is 2. The average Bonchev–Trinajstić information content (AvgIpc) is 2.49. The lowest BCUT2D eigenvalue weighted by molar-refractivity contribution is -0.120. The summed E-state index contributed by atoms with van der Waals surface area (Å²) in [5, 5.41) is 6.06. The monoisotopic (exact) mass is 408 g/mol. The second-order valence-corrected chi connectivity index (χ2v) is 5.49. The second-order valence-electron chi connectivity index (χ2n) is 4.64. The molecule has 23 heavy (non-hydrogen) atoms. The number of ether oxygens (including phenoxy) is 2. The zero-order chi connectivity index (χ0) is 16.4. The molecule has 1 amide bonds. The standard InChI is InChI=1S/C16H25BrN2O3.ClH/c1-4-18-7-8-19-16(20)10-12-9-14(21-5-2)15(22-6-3)11-13(12)17;/h9,11,18H,4-8,10H2,1-3H3,(H,19,20);1H. The van der Waals surface area contributed by atoms with E-state index >= 15 is 0 Å². The Kier molecular flexibility index (Phi) is 11.9. The minimum atomic E-state index is -0.00906. The molecule has 1 rings (SSSR count). The second kappa shape index (κ2) is 12.4. The van der Waals surface area contributed by atoms with Crippen molar-refractivity contribution in [2.45, 2.75) is 27.2 Å². The number of carbonyl (C=O) groups is 1. The van der Waals surface area contributed by atoms with E-state index in [-0.39, 0.29) is 18.3 Å². The molecule has 0 bridgehead atoms. The lowest BCUT2D eigenvalue weighted by Gasteiger charge is -2.14. The molecule has 0 aliphatic heterocycles. The van der Waals surface area contributed by atoms with Crippen LogP contribution in [0.25, 0.3) is 0 Å². The summed E-state index contributed by atoms with van der Waals surface area (Å²) < 4.78 is 12.0. The molecule has 7 heteroatoms. The molecule has 132 valence electrons. The van der Waals surface area contributed by atoms with Crippen molar-refractivity contribution in [3.63, 3.8) is 0 Å². The smallest absolute Gasteiger partial charge is 0.224 e. The van der Waals surface area contributed by atoms with Crippen LogP contribution in [0.1, 0.15) is 26.3 Å². The van der Waals surface area contributed by atoms with Gasteiger partial charge in [-0.15, -0.1) is 12.4 Å². The Morgan fingerprint density at radius 2 is 1.70 bits per heavy atom. The summed E-state index contributed by atoms with van der Waals surface area (Å²) in [5.41, 5.74) is 0.882. The number of nitrogens with one attached hydrogen (secondary N) is 2. The van der Waals surface area contributed by atoms with Gasteiger partial charge in [-0.25, -0.2) is 0 Å². The predicted molar refractivity (Wildman–Crippen MR) is 99.0 cm³/mol. The minimum Gasteiger partial charge on any atom is -0.490 e. The summed E-state index contributed by atoms with van der Waals surface area (Å²) in [5.74, 6) is 1.35. The third-order valence-corrected chi connectivity index (χ3v) is 3.68. The third kappa shape index (κ3) is 7.90. The average molecular weight is 410 g/mol. The zero-order valence-corrected chi connectivity index (χ0v) is 16.3. The number of rotatable bonds is 10. The maximum Gasteiger partial charge on any atom is 0.224 e. The van der Waals surface area contributed by atoms with Gasteiger partial charge in [0.05, 0.1) is 19.6 Å². The molecule has 0 spiro atoms. The Bertz CT molecular complexity index is 487. The fraction of sp³-hybridized carbons (Fsp3) is 0.562. The van der Waals surface area contributed by atoms with Gasteiger partial charge in [0.25, 0.3) is 0 Å². The van der Waals surface area contributed by atoms with Crippen molar-refractivity contribution in [3.05, 3.63) is 22.2 Å². The molecule has 0 aliphatic carbocycles. The first kappa shape index (κ1) is 22.0. The molecule has 0 saturated heterocycles. The fourth-order valence-electron chi connectivity index (χ4n) is 1.95. The maximum absolute atomic E-state index is 12.0. The molecular formula is C16H26BrClN2O3. The Hall–Kier alpha value is -0.980. The van der Waals surface area contributed by atoms with Crippen LogP contribution in [0.2, 0.25) is 0 Å². The topological polar surface area (TPSA) is 59.6 Å². The van der Waals surface area contributed by atoms with Gasteiger partial charge in [-0.05, 0) is 38.1 Å². The maximum atomic E-state index is 12.0. The molecule has 0 saturated carbocycles. The van der Waals surface area contributed by atoms with Crippen LogP contribution in [0.15, 0.2) is 16.6 Å². The first-order valence-electron chi connectivity index (χ1n) is 7.67. The summed E-state index contributed by atoms with van der Waals surface area (Å²) >= 11 is 3.50. The van der Waals surface area contributed by atoms with Gasteiger partial charge in [0.15, 0.2) is 11.5 Å². The SMILES string of the molecule is CCNCCNC(=O)Cc1cc(OCC)c(OCC)cc1Br.Cl. The highest BCUT2D eigenvalue weighted by atomic mass is 79.9. The highest BCUT2D eigenvalue weighted by Gasteiger charge is 2.13. The van der Waals surface area contributed by atoms with Crippen molar-refractivity contribution in [1.29, 1.82) is 0 Å². The van der Waals surface area contributed by atoms with Crippen molar-refractivity contribution >= 4 is 34.2 Å². The summed E-state index contributed by atoms with van der Waals surface area (Å²) in [4.78, 5) is 12.0. The van der Waals surface area contributed by atoms with E-state index in [4.69, 9.17) is 9.47 Å². The number of benzene rings is 1. The van der Waals surface area contributed by atoms with E-state index in [0.717, 1.165) is 23.1 Å². The van der Waals surface area contributed by atoms with Crippen LogP contribution >= 0.6 is 28.3 Å². The Balaban J connectivity index is 0.00000484. The fourth-order valence-corrected chi connectivity index (χ4v) is 2.41. The van der Waals surface area contributed by atoms with Gasteiger partial charge in [-0.2, -0.15) is 0 Å². The van der Waals surface area contributed by atoms with Gasteiger partial charge in [0.1, 0.15) is 0 Å². The summed E-state index contributed by atoms with van der Waals surface area (Å²) in [6.45, 7) is 9.30. The van der Waals surface area contributed by atoms with E-state index in [0.29, 0.717) is 37.7 Å². The van der Waals surface area contributed by atoms with Crippen molar-refractivity contribution < 1.29 is 14.3 Å². The van der Waals surface area contributed by atoms with Gasteiger partial charge in [0.2, 0.25) is 5.91 Å². The van der Waals surface area contributed by atoms with Gasteiger partial charge in [-0.3, -0.25) is 4.79 Å². The van der Waals surface area contributed by atoms with Crippen LogP contribution in [-0.2, 0) is 11.2 Å². The van der Waals surface area contributed by atoms with Crippen LogP contribution < -0.4 is 20.1 Å². The number of amides is 1. The largest absolute Gasteiger partial charge is 0.490 e. The van der Waals surface area contributed by atoms with Gasteiger partial charge >= 0.3 is 0 Å². The Morgan fingerprint density at radius 1 is 1.09 bits per heavy atom. The molecule has 0 radical (unpaired) electrons. The Labute approximate surface area is 153 Å². The highest BCUT2D eigenvalue weighted by Crippen LogP contribution is 2.34. The lowest BCUT2D eigenvalue weighted by atomic mass is 10.1. The third-order valence-electron chi connectivity index (χ3n) is 2.94. The van der Waals surface area contributed by atoms with E-state index in [1.165, 1.54) is 0 Å². The molecule has 0 unspecified atom stereocenters. The first-order valence-corrected chi connectivity index (χ1v) is 8.47. The Morgan fingerprint density at radius 3 is 2.26 bits per heavy atom. The molecule has 1 aromatic carbocycles. The van der Waals surface area contributed by atoms with Crippen molar-refractivity contribution in [2.24, 2.45) is 0 Å². The predicted octanol–water partition coefficient (Wildman–Crippen LogP) is 2.94. The molecule has 0 heterocycles. The van der Waals surface area contributed by atoms with Crippen molar-refractivity contribution in [3.8, 4) is 11.5 Å². The van der Waals surface area contributed by atoms with Crippen LogP contribution in [0.4, 0.5) is 0 Å². The molecule has 5 nitrogen and oxygen atoms in total. The zero-order valence-electron chi connectivity index (χ0n) is 13.9. The van der Waals surface area contributed by atoms with Crippen LogP contribution in [0.5, 0.6) is 11.5 Å². The van der Waals surface area contributed by atoms with Crippen molar-refractivity contribution in [1.82, 2.24) is 10.6 Å². The number of likely N-dealkylation sites (N-methyl/N-ethyl adjacent to an activating group) is 1. The van der Waals surface area contributed by atoms with E-state index in [2.05, 4.69) is 26.6 Å². The molecule has 0 aromatic heterocycles. The summed E-state index contributed by atoms with van der Waals surface area (Å²) in [7, 11) is 0. The molecule has 0 aliphatic rings. The molecule has 1 aromatic rings. The van der Waals surface area contributed by atoms with E-state index < -0.39 is 0 Å². The minimum absolute atomic E-state index is 0. The molecule has 0 atom stereocenters. The summed E-state index contributed by atoms with van der Waals surface area (Å²) in [6.07, 6.45) is 0.305. The van der Waals surface area contributed by atoms with Crippen LogP contribution in [0, 0.1) is 0 Å². The van der Waals surface area contributed by atoms with Crippen molar-refractivity contribution in [2.75, 3.05) is 32.8 Å². The van der Waals surface area contributed by atoms with Crippen LogP contribution in [-0.4, -0.2) is 38.8 Å². The molecular weight excluding hydrogens is 384 g/mol. The van der Waals surface area contributed by atoms with Gasteiger partial charge in [-0.1, -0.05) is 22.9 Å². The lowest BCUT2D eigenvalue weighted by Crippen LogP contribution is -2.32. The number of carbonyl (C=O) groups excluding carboxylic acids is 1. The van der Waals surface area contributed by atoms with E-state index in [1.54, 1.807) is 0 Å². The molecule has 0 fully saturated rings. The number of halogens is 2. The van der Waals surface area contributed by atoms with Gasteiger partial charge < -0.3 is 20.1 Å². The normalized spacial score (nSPS) is 9.91.